The van der Waals surface area contributed by atoms with E-state index < -0.39 is 10.1 Å². The van der Waals surface area contributed by atoms with Crippen LogP contribution in [0.3, 0.4) is 0 Å². The number of fused-ring (bicyclic) bond motifs is 2. The van der Waals surface area contributed by atoms with Crippen molar-refractivity contribution in [1.82, 2.24) is 0 Å². The van der Waals surface area contributed by atoms with Crippen molar-refractivity contribution in [2.24, 2.45) is 0 Å². The second kappa shape index (κ2) is 9.40. The lowest BCUT2D eigenvalue weighted by atomic mass is 9.86. The first-order chi connectivity index (χ1) is 16.8. The predicted molar refractivity (Wildman–Crippen MR) is 139 cm³/mol. The second-order valence-corrected chi connectivity index (χ2v) is 9.43. The van der Waals surface area contributed by atoms with Crippen molar-refractivity contribution in [2.75, 3.05) is 6.26 Å². The molecule has 0 bridgehead atoms. The molecule has 0 aliphatic rings. The van der Waals surface area contributed by atoms with Crippen LogP contribution in [-0.4, -0.2) is 25.4 Å². The molecule has 5 rings (SSSR count). The first kappa shape index (κ1) is 24.3. The molecule has 0 spiro atoms. The summed E-state index contributed by atoms with van der Waals surface area (Å²) in [7, 11) is -3.77. The second-order valence-electron chi connectivity index (χ2n) is 7.54. The van der Waals surface area contributed by atoms with Crippen molar-refractivity contribution in [3.8, 4) is 11.5 Å². The van der Waals surface area contributed by atoms with E-state index in [-0.39, 0.29) is 24.2 Å². The van der Waals surface area contributed by atoms with E-state index >= 15 is 0 Å². The highest BCUT2D eigenvalue weighted by molar-refractivity contribution is 7.89. The van der Waals surface area contributed by atoms with Crippen LogP contribution in [-0.2, 0) is 19.7 Å². The summed E-state index contributed by atoms with van der Waals surface area (Å²) in [6.07, 6.45) is 4.69. The summed E-state index contributed by atoms with van der Waals surface area (Å²) in [5.74, 6) is 0.750. The van der Waals surface area contributed by atoms with Crippen molar-refractivity contribution in [1.29, 1.82) is 0 Å². The van der Waals surface area contributed by atoms with Crippen molar-refractivity contribution < 1.29 is 30.9 Å². The fourth-order valence-electron chi connectivity index (χ4n) is 4.59. The lowest BCUT2D eigenvalue weighted by Gasteiger charge is -2.20. The van der Waals surface area contributed by atoms with E-state index in [0.717, 1.165) is 44.1 Å². The molecule has 9 heteroatoms. The third-order valence-electron chi connectivity index (χ3n) is 5.70. The summed E-state index contributed by atoms with van der Waals surface area (Å²) in [5, 5.41) is 6.61. The van der Waals surface area contributed by atoms with E-state index in [9.17, 15) is 13.0 Å². The molecule has 0 saturated heterocycles. The van der Waals surface area contributed by atoms with E-state index in [1.165, 1.54) is 0 Å². The summed E-state index contributed by atoms with van der Waals surface area (Å²) in [6.45, 7) is 7.87. The number of hydrogen-bond acceptors (Lipinski definition) is 8. The maximum absolute atomic E-state index is 12.1. The Hall–Kier alpha value is -3.88. The van der Waals surface area contributed by atoms with Crippen LogP contribution < -0.4 is 8.37 Å². The molecule has 0 fully saturated rings. The van der Waals surface area contributed by atoms with Gasteiger partial charge in [-0.25, -0.2) is 0 Å². The minimum absolute atomic E-state index is 0.250. The van der Waals surface area contributed by atoms with Gasteiger partial charge in [-0.2, -0.15) is 18.0 Å². The highest BCUT2D eigenvalue weighted by Crippen LogP contribution is 2.49. The summed E-state index contributed by atoms with van der Waals surface area (Å²) >= 11 is 0.261. The fourth-order valence-corrected chi connectivity index (χ4v) is 5.32. The molecule has 0 aromatic heterocycles. The Morgan fingerprint density at radius 1 is 0.800 bits per heavy atom. The quantitative estimate of drug-likeness (QED) is 0.124. The largest absolute Gasteiger partial charge is 0.399 e. The zero-order valence-electron chi connectivity index (χ0n) is 18.4. The molecule has 0 unspecified atom stereocenters. The lowest BCUT2D eigenvalue weighted by molar-refractivity contribution is -0.191. The van der Waals surface area contributed by atoms with E-state index in [1.54, 1.807) is 12.2 Å². The lowest BCUT2D eigenvalue weighted by Crippen LogP contribution is -2.07. The van der Waals surface area contributed by atoms with Crippen LogP contribution in [0.25, 0.3) is 55.2 Å². The van der Waals surface area contributed by atoms with Crippen LogP contribution in [0.2, 0.25) is 0 Å². The van der Waals surface area contributed by atoms with Gasteiger partial charge in [-0.15, -0.1) is 0 Å². The van der Waals surface area contributed by atoms with Crippen LogP contribution in [0, 0.1) is 0 Å². The fraction of sp³-hybridized carbons (Fsp3) is 0.0385. The molecule has 0 saturated carbocycles. The number of hydrogen-bond donors (Lipinski definition) is 1. The van der Waals surface area contributed by atoms with Crippen molar-refractivity contribution in [3.05, 3.63) is 72.8 Å². The van der Waals surface area contributed by atoms with Gasteiger partial charge in [0.2, 0.25) is 12.3 Å². The van der Waals surface area contributed by atoms with Gasteiger partial charge in [-0.1, -0.05) is 61.7 Å². The van der Waals surface area contributed by atoms with Crippen LogP contribution in [0.5, 0.6) is 11.5 Å². The normalized spacial score (nSPS) is 11.3. The van der Waals surface area contributed by atoms with Gasteiger partial charge in [-0.3, -0.25) is 4.55 Å². The summed E-state index contributed by atoms with van der Waals surface area (Å²) < 4.78 is 44.8. The van der Waals surface area contributed by atoms with Gasteiger partial charge in [0.1, 0.15) is 0 Å². The minimum Gasteiger partial charge on any atom is -0.399 e. The van der Waals surface area contributed by atoms with Gasteiger partial charge in [0.15, 0.2) is 11.5 Å². The highest BCUT2D eigenvalue weighted by atomic mass is 32.2. The Morgan fingerprint density at radius 2 is 1.31 bits per heavy atom. The van der Waals surface area contributed by atoms with Gasteiger partial charge in [0, 0.05) is 32.5 Å². The van der Waals surface area contributed by atoms with Gasteiger partial charge >= 0.3 is 16.3 Å². The molecule has 176 valence electrons. The molecular formula is C26H18O7S2. The Labute approximate surface area is 205 Å². The molecule has 35 heavy (non-hydrogen) atoms. The Balaban J connectivity index is 0.000000917. The maximum atomic E-state index is 12.1. The van der Waals surface area contributed by atoms with Crippen LogP contribution in [0.15, 0.2) is 61.7 Å². The van der Waals surface area contributed by atoms with Crippen LogP contribution in [0.4, 0.5) is 0 Å². The maximum Gasteiger partial charge on any atom is 0.373 e. The van der Waals surface area contributed by atoms with E-state index in [0.29, 0.717) is 22.1 Å². The third-order valence-corrected chi connectivity index (χ3v) is 6.41. The average molecular weight is 507 g/mol. The van der Waals surface area contributed by atoms with E-state index in [4.69, 9.17) is 18.0 Å². The minimum atomic E-state index is -3.77. The predicted octanol–water partition coefficient (Wildman–Crippen LogP) is 6.28. The third kappa shape index (κ3) is 4.00. The average Bonchev–Trinajstić information content (AvgIpc) is 2.83. The van der Waals surface area contributed by atoms with Crippen molar-refractivity contribution in [3.63, 3.8) is 0 Å². The van der Waals surface area contributed by atoms with Gasteiger partial charge in [0.05, 0.1) is 6.26 Å². The number of rotatable bonds is 6. The molecule has 0 radical (unpaired) electrons. The smallest absolute Gasteiger partial charge is 0.373 e. The first-order valence-corrected chi connectivity index (χ1v) is 12.6. The van der Waals surface area contributed by atoms with Crippen LogP contribution in [0.1, 0.15) is 11.1 Å². The Bertz CT molecular complexity index is 1770. The summed E-state index contributed by atoms with van der Waals surface area (Å²) in [5.41, 5.74) is 1.52. The van der Waals surface area contributed by atoms with Crippen molar-refractivity contribution >= 4 is 83.8 Å². The monoisotopic (exact) mass is 506 g/mol. The van der Waals surface area contributed by atoms with Gasteiger partial charge < -0.3 is 8.37 Å². The molecule has 5 aromatic rings. The molecule has 7 nitrogen and oxygen atoms in total. The Kier molecular flexibility index (Phi) is 6.51. The van der Waals surface area contributed by atoms with Crippen molar-refractivity contribution in [2.45, 2.75) is 0 Å². The van der Waals surface area contributed by atoms with E-state index in [1.807, 2.05) is 48.5 Å². The molecule has 0 amide bonds. The number of carbonyl (C=O) groups excluding carboxylic acids is 2. The molecule has 0 aliphatic carbocycles. The van der Waals surface area contributed by atoms with Gasteiger partial charge in [-0.05, 0) is 33.9 Å². The first-order valence-electron chi connectivity index (χ1n) is 10.1. The van der Waals surface area contributed by atoms with Gasteiger partial charge in [0.25, 0.3) is 0 Å². The SMILES string of the molecule is C=Cc1c(C=C)c2ccc3c(OS(C)(=O)=O)c4ccccc4c4ccc(c1OSO)c2c34.O=C=O. The van der Waals surface area contributed by atoms with Crippen LogP contribution >= 0.6 is 12.3 Å². The standard InChI is InChI=1S/C25H18O5S2.CO2/c1-4-14-15(5-2)24(29-31-26)20-12-11-18-16-8-6-7-9-19(16)25(30-32(3,27)28)21-13-10-17(14)22(20)23(18)21;2-1-3/h4-13,26H,1-2H2,3H3;. The highest BCUT2D eigenvalue weighted by Gasteiger charge is 2.23. The van der Waals surface area contributed by atoms with E-state index in [2.05, 4.69) is 13.2 Å². The molecule has 1 N–H and O–H groups in total. The molecule has 0 aliphatic heterocycles. The summed E-state index contributed by atoms with van der Waals surface area (Å²) in [4.78, 5) is 16.2. The molecular weight excluding hydrogens is 488 g/mol. The topological polar surface area (TPSA) is 107 Å². The Morgan fingerprint density at radius 3 is 1.89 bits per heavy atom. The zero-order valence-corrected chi connectivity index (χ0v) is 20.0. The molecule has 5 aromatic carbocycles. The molecule has 0 atom stereocenters. The number of benzene rings is 5. The molecule has 0 heterocycles. The zero-order chi connectivity index (χ0) is 25.3. The summed E-state index contributed by atoms with van der Waals surface area (Å²) in [6, 6.07) is 15.3.